The van der Waals surface area contributed by atoms with Gasteiger partial charge in [0, 0.05) is 12.1 Å². The quantitative estimate of drug-likeness (QED) is 0.782. The van der Waals surface area contributed by atoms with Crippen LogP contribution in [-0.2, 0) is 15.6 Å². The molecule has 1 aliphatic heterocycles. The summed E-state index contributed by atoms with van der Waals surface area (Å²) in [5.41, 5.74) is 1.49. The number of hydrogen-bond acceptors (Lipinski definition) is 5. The van der Waals surface area contributed by atoms with Crippen LogP contribution in [0, 0.1) is 6.92 Å². The minimum Gasteiger partial charge on any atom is -0.364 e. The monoisotopic (exact) mass is 429 g/mol. The van der Waals surface area contributed by atoms with E-state index in [-0.39, 0.29) is 10.4 Å². The van der Waals surface area contributed by atoms with Gasteiger partial charge in [-0.2, -0.15) is 0 Å². The molecule has 1 heterocycles. The second-order valence-corrected chi connectivity index (χ2v) is 10.7. The zero-order valence-corrected chi connectivity index (χ0v) is 18.7. The van der Waals surface area contributed by atoms with E-state index in [0.717, 1.165) is 18.4 Å². The summed E-state index contributed by atoms with van der Waals surface area (Å²) >= 11 is 0. The van der Waals surface area contributed by atoms with Crippen LogP contribution in [0.1, 0.15) is 36.8 Å². The van der Waals surface area contributed by atoms with E-state index in [2.05, 4.69) is 48.6 Å². The highest BCUT2D eigenvalue weighted by molar-refractivity contribution is 7.89. The van der Waals surface area contributed by atoms with Gasteiger partial charge >= 0.3 is 0 Å². The van der Waals surface area contributed by atoms with Crippen molar-refractivity contribution in [1.82, 2.24) is 14.5 Å². The molecular weight excluding hydrogens is 398 g/mol. The van der Waals surface area contributed by atoms with Crippen molar-refractivity contribution in [3.63, 3.8) is 0 Å². The van der Waals surface area contributed by atoms with Gasteiger partial charge in [-0.25, -0.2) is 8.42 Å². The highest BCUT2D eigenvalue weighted by Gasteiger charge is 2.56. The van der Waals surface area contributed by atoms with Gasteiger partial charge < -0.3 is 5.11 Å². The molecule has 2 fully saturated rings. The predicted octanol–water partition coefficient (Wildman–Crippen LogP) is 2.63. The van der Waals surface area contributed by atoms with Crippen molar-refractivity contribution in [1.29, 1.82) is 0 Å². The van der Waals surface area contributed by atoms with Crippen LogP contribution in [-0.4, -0.2) is 55.3 Å². The van der Waals surface area contributed by atoms with Crippen molar-refractivity contribution in [3.05, 3.63) is 65.7 Å². The fourth-order valence-electron chi connectivity index (χ4n) is 5.18. The van der Waals surface area contributed by atoms with E-state index in [1.54, 1.807) is 24.3 Å². The van der Waals surface area contributed by atoms with Crippen LogP contribution in [0.4, 0.5) is 0 Å². The van der Waals surface area contributed by atoms with Gasteiger partial charge in [-0.3, -0.25) is 10.2 Å². The van der Waals surface area contributed by atoms with Crippen molar-refractivity contribution in [2.24, 2.45) is 0 Å². The molecule has 162 valence electrons. The number of aryl methyl sites for hydroxylation is 1. The summed E-state index contributed by atoms with van der Waals surface area (Å²) in [6, 6.07) is 17.3. The van der Waals surface area contributed by atoms with Crippen LogP contribution in [0.2, 0.25) is 0 Å². The smallest absolute Gasteiger partial charge is 0.246 e. The van der Waals surface area contributed by atoms with Crippen molar-refractivity contribution in [2.75, 3.05) is 20.6 Å². The van der Waals surface area contributed by atoms with Crippen molar-refractivity contribution in [2.45, 2.75) is 54.9 Å². The van der Waals surface area contributed by atoms with Gasteiger partial charge in [0.1, 0.15) is 0 Å². The number of sulfonamides is 1. The number of rotatable bonds is 4. The molecule has 0 bridgehead atoms. The Kier molecular flexibility index (Phi) is 5.53. The summed E-state index contributed by atoms with van der Waals surface area (Å²) in [5.74, 6) is 0. The van der Waals surface area contributed by atoms with Gasteiger partial charge in [0.25, 0.3) is 0 Å². The third kappa shape index (κ3) is 3.39. The number of nitrogens with one attached hydrogen (secondary N) is 1. The van der Waals surface area contributed by atoms with Crippen LogP contribution in [0.15, 0.2) is 59.5 Å². The maximum atomic E-state index is 13.5. The van der Waals surface area contributed by atoms with Gasteiger partial charge in [-0.05, 0) is 64.4 Å². The van der Waals surface area contributed by atoms with Crippen LogP contribution >= 0.6 is 0 Å². The number of nitrogens with zero attached hydrogens (tertiary/aromatic N) is 2. The Bertz CT molecular complexity index is 982. The van der Waals surface area contributed by atoms with Gasteiger partial charge in [0.2, 0.25) is 10.0 Å². The second kappa shape index (κ2) is 7.73. The molecule has 2 aromatic rings. The summed E-state index contributed by atoms with van der Waals surface area (Å²) in [6.45, 7) is 2.38. The Balaban J connectivity index is 1.67. The zero-order valence-electron chi connectivity index (χ0n) is 17.9. The number of benzene rings is 2. The third-order valence-electron chi connectivity index (χ3n) is 7.06. The highest BCUT2D eigenvalue weighted by atomic mass is 32.2. The van der Waals surface area contributed by atoms with Crippen LogP contribution in [0.3, 0.4) is 0 Å². The molecule has 1 spiro atoms. The lowest BCUT2D eigenvalue weighted by Crippen LogP contribution is -2.57. The normalized spacial score (nSPS) is 30.2. The molecule has 0 aromatic heterocycles. The first-order valence-electron chi connectivity index (χ1n) is 10.5. The summed E-state index contributed by atoms with van der Waals surface area (Å²) in [4.78, 5) is 2.48. The van der Waals surface area contributed by atoms with Crippen molar-refractivity contribution in [3.8, 4) is 0 Å². The van der Waals surface area contributed by atoms with E-state index >= 15 is 0 Å². The molecule has 1 saturated carbocycles. The van der Waals surface area contributed by atoms with E-state index in [4.69, 9.17) is 0 Å². The first-order chi connectivity index (χ1) is 14.2. The first kappa shape index (κ1) is 21.5. The fraction of sp³-hybridized carbons (Fsp3) is 0.478. The average Bonchev–Trinajstić information content (AvgIpc) is 3.06. The van der Waals surface area contributed by atoms with E-state index in [9.17, 15) is 13.5 Å². The predicted molar refractivity (Wildman–Crippen MR) is 117 cm³/mol. The molecule has 7 heteroatoms. The molecule has 1 saturated heterocycles. The lowest BCUT2D eigenvalue weighted by molar-refractivity contribution is -0.00509. The molecule has 1 aliphatic carbocycles. The molecule has 2 aliphatic rings. The molecule has 0 radical (unpaired) electrons. The summed E-state index contributed by atoms with van der Waals surface area (Å²) in [6.07, 6.45) is 1.78. The molecule has 1 atom stereocenters. The summed E-state index contributed by atoms with van der Waals surface area (Å²) in [5, 5.41) is 13.6. The van der Waals surface area contributed by atoms with Gasteiger partial charge in [-0.1, -0.05) is 48.0 Å². The zero-order chi connectivity index (χ0) is 21.6. The maximum Gasteiger partial charge on any atom is 0.246 e. The Labute approximate surface area is 179 Å². The molecule has 1 unspecified atom stereocenters. The first-order valence-corrected chi connectivity index (χ1v) is 11.9. The molecular formula is C23H31N3O3S. The topological polar surface area (TPSA) is 72.9 Å². The number of aliphatic hydroxyl groups is 1. The van der Waals surface area contributed by atoms with Crippen LogP contribution in [0.5, 0.6) is 0 Å². The van der Waals surface area contributed by atoms with Gasteiger partial charge in [0.05, 0.1) is 10.4 Å². The van der Waals surface area contributed by atoms with E-state index in [1.807, 2.05) is 13.0 Å². The van der Waals surface area contributed by atoms with Gasteiger partial charge in [-0.15, -0.1) is 4.31 Å². The molecule has 2 aromatic carbocycles. The van der Waals surface area contributed by atoms with E-state index in [0.29, 0.717) is 19.4 Å². The van der Waals surface area contributed by atoms with Crippen molar-refractivity contribution >= 4 is 10.0 Å². The number of hydrogen-bond donors (Lipinski definition) is 2. The van der Waals surface area contributed by atoms with Crippen molar-refractivity contribution < 1.29 is 13.5 Å². The molecule has 30 heavy (non-hydrogen) atoms. The Morgan fingerprint density at radius 1 is 1.00 bits per heavy atom. The Morgan fingerprint density at radius 2 is 1.60 bits per heavy atom. The largest absolute Gasteiger partial charge is 0.364 e. The van der Waals surface area contributed by atoms with Crippen LogP contribution < -0.4 is 5.32 Å². The second-order valence-electron chi connectivity index (χ2n) is 8.88. The van der Waals surface area contributed by atoms with E-state index < -0.39 is 21.9 Å². The minimum absolute atomic E-state index is 0.140. The minimum atomic E-state index is -3.83. The average molecular weight is 430 g/mol. The third-order valence-corrected chi connectivity index (χ3v) is 9.03. The Morgan fingerprint density at radius 3 is 2.17 bits per heavy atom. The highest BCUT2D eigenvalue weighted by Crippen LogP contribution is 2.49. The molecule has 6 nitrogen and oxygen atoms in total. The van der Waals surface area contributed by atoms with Gasteiger partial charge in [0.15, 0.2) is 6.35 Å². The SMILES string of the molecule is Cc1ccc(S(=O)(=O)N2C(O)NCC23CCC(c2ccccc2)(N(C)C)CC3)cc1. The molecule has 0 amide bonds. The lowest BCUT2D eigenvalue weighted by atomic mass is 9.69. The Hall–Kier alpha value is -1.77. The summed E-state index contributed by atoms with van der Waals surface area (Å²) < 4.78 is 28.3. The fourth-order valence-corrected chi connectivity index (χ4v) is 6.98. The van der Waals surface area contributed by atoms with E-state index in [1.165, 1.54) is 9.87 Å². The molecule has 4 rings (SSSR count). The molecule has 2 N–H and O–H groups in total. The lowest BCUT2D eigenvalue weighted by Gasteiger charge is -2.50. The summed E-state index contributed by atoms with van der Waals surface area (Å²) in [7, 11) is 0.354. The van der Waals surface area contributed by atoms with Crippen LogP contribution in [0.25, 0.3) is 0 Å². The number of aliphatic hydroxyl groups excluding tert-OH is 1. The maximum absolute atomic E-state index is 13.5. The standard InChI is InChI=1S/C23H31N3O3S/c1-18-9-11-20(12-10-18)30(28,29)26-21(27)24-17-22(26)13-15-23(16-14-22,25(2)3)19-7-5-4-6-8-19/h4-12,21,24,27H,13-17H2,1-3H3.